The van der Waals surface area contributed by atoms with Crippen molar-refractivity contribution < 1.29 is 4.74 Å². The molecule has 2 aromatic rings. The summed E-state index contributed by atoms with van der Waals surface area (Å²) >= 11 is 0. The van der Waals surface area contributed by atoms with E-state index < -0.39 is 0 Å². The molecule has 0 aromatic heterocycles. The van der Waals surface area contributed by atoms with Crippen molar-refractivity contribution in [3.8, 4) is 11.5 Å². The quantitative estimate of drug-likeness (QED) is 0.627. The van der Waals surface area contributed by atoms with Gasteiger partial charge in [-0.15, -0.1) is 0 Å². The van der Waals surface area contributed by atoms with Crippen molar-refractivity contribution in [2.24, 2.45) is 0 Å². The van der Waals surface area contributed by atoms with Crippen molar-refractivity contribution in [2.45, 2.75) is 26.2 Å². The number of hydrogen-bond donors (Lipinski definition) is 0. The third-order valence-electron chi connectivity index (χ3n) is 2.88. The van der Waals surface area contributed by atoms with Crippen LogP contribution in [0.3, 0.4) is 0 Å². The Bertz CT molecular complexity index is 497. The van der Waals surface area contributed by atoms with Gasteiger partial charge in [-0.25, -0.2) is 0 Å². The summed E-state index contributed by atoms with van der Waals surface area (Å²) in [5.74, 6) is 1.76. The normalized spacial score (nSPS) is 10.8. The molecule has 0 saturated carbocycles. The molecule has 0 radical (unpaired) electrons. The highest BCUT2D eigenvalue weighted by molar-refractivity contribution is 5.33. The smallest absolute Gasteiger partial charge is 0.127 e. The van der Waals surface area contributed by atoms with Gasteiger partial charge in [-0.3, -0.25) is 0 Å². The molecule has 1 nitrogen and oxygen atoms in total. The van der Waals surface area contributed by atoms with E-state index in [0.717, 1.165) is 24.3 Å². The maximum absolute atomic E-state index is 5.76. The number of unbranched alkanes of at least 4 members (excludes halogenated alkanes) is 1. The van der Waals surface area contributed by atoms with Crippen molar-refractivity contribution in [1.82, 2.24) is 0 Å². The Balaban J connectivity index is 1.91. The molecule has 98 valence electrons. The lowest BCUT2D eigenvalue weighted by atomic mass is 10.1. The molecular formula is C18H20O. The van der Waals surface area contributed by atoms with Crippen LogP contribution in [0.15, 0.2) is 66.7 Å². The zero-order chi connectivity index (χ0) is 13.3. The summed E-state index contributed by atoms with van der Waals surface area (Å²) in [4.78, 5) is 0. The van der Waals surface area contributed by atoms with Crippen LogP contribution >= 0.6 is 0 Å². The van der Waals surface area contributed by atoms with Gasteiger partial charge in [-0.05, 0) is 42.7 Å². The van der Waals surface area contributed by atoms with Gasteiger partial charge in [0.05, 0.1) is 0 Å². The number of ether oxygens (including phenoxy) is 1. The minimum atomic E-state index is 0.873. The molecule has 2 aromatic carbocycles. The Kier molecular flexibility index (Phi) is 5.24. The summed E-state index contributed by atoms with van der Waals surface area (Å²) in [6.45, 7) is 2.19. The fourth-order valence-electron chi connectivity index (χ4n) is 1.82. The van der Waals surface area contributed by atoms with Crippen LogP contribution in [-0.4, -0.2) is 0 Å². The average molecular weight is 252 g/mol. The molecule has 0 spiro atoms. The highest BCUT2D eigenvalue weighted by Crippen LogP contribution is 2.21. The van der Waals surface area contributed by atoms with E-state index in [-0.39, 0.29) is 0 Å². The lowest BCUT2D eigenvalue weighted by Gasteiger charge is -2.05. The molecule has 19 heavy (non-hydrogen) atoms. The van der Waals surface area contributed by atoms with Gasteiger partial charge < -0.3 is 4.74 Å². The van der Waals surface area contributed by atoms with E-state index >= 15 is 0 Å². The maximum atomic E-state index is 5.76. The molecule has 0 aliphatic heterocycles. The van der Waals surface area contributed by atoms with Crippen LogP contribution in [0.25, 0.3) is 0 Å². The van der Waals surface area contributed by atoms with Crippen LogP contribution in [0, 0.1) is 0 Å². The fraction of sp³-hybridized carbons (Fsp3) is 0.222. The van der Waals surface area contributed by atoms with Gasteiger partial charge in [-0.1, -0.05) is 55.8 Å². The third kappa shape index (κ3) is 4.63. The SMILES string of the molecule is CCCC=CCc1ccc(Oc2ccccc2)cc1. The molecule has 0 unspecified atom stereocenters. The van der Waals surface area contributed by atoms with Crippen LogP contribution in [0.5, 0.6) is 11.5 Å². The summed E-state index contributed by atoms with van der Waals surface area (Å²) < 4.78 is 5.76. The number of benzene rings is 2. The highest BCUT2D eigenvalue weighted by Gasteiger charge is 1.96. The monoisotopic (exact) mass is 252 g/mol. The lowest BCUT2D eigenvalue weighted by Crippen LogP contribution is -1.85. The van der Waals surface area contributed by atoms with Gasteiger partial charge in [0.2, 0.25) is 0 Å². The average Bonchev–Trinajstić information content (AvgIpc) is 2.46. The molecule has 0 aliphatic rings. The highest BCUT2D eigenvalue weighted by atomic mass is 16.5. The molecule has 0 aliphatic carbocycles. The fourth-order valence-corrected chi connectivity index (χ4v) is 1.82. The van der Waals surface area contributed by atoms with E-state index in [4.69, 9.17) is 4.74 Å². The predicted octanol–water partition coefficient (Wildman–Crippen LogP) is 5.38. The van der Waals surface area contributed by atoms with Crippen molar-refractivity contribution in [1.29, 1.82) is 0 Å². The van der Waals surface area contributed by atoms with Crippen LogP contribution in [0.4, 0.5) is 0 Å². The molecule has 1 heteroatoms. The molecule has 0 saturated heterocycles. The van der Waals surface area contributed by atoms with E-state index in [2.05, 4.69) is 31.2 Å². The van der Waals surface area contributed by atoms with E-state index in [1.807, 2.05) is 42.5 Å². The van der Waals surface area contributed by atoms with Crippen LogP contribution < -0.4 is 4.74 Å². The zero-order valence-corrected chi connectivity index (χ0v) is 11.4. The Morgan fingerprint density at radius 1 is 0.842 bits per heavy atom. The van der Waals surface area contributed by atoms with Gasteiger partial charge in [0, 0.05) is 0 Å². The van der Waals surface area contributed by atoms with Crippen LogP contribution in [0.1, 0.15) is 25.3 Å². The van der Waals surface area contributed by atoms with Gasteiger partial charge in [0.15, 0.2) is 0 Å². The molecule has 0 amide bonds. The number of hydrogen-bond acceptors (Lipinski definition) is 1. The van der Waals surface area contributed by atoms with Crippen molar-refractivity contribution in [3.05, 3.63) is 72.3 Å². The molecule has 0 heterocycles. The minimum Gasteiger partial charge on any atom is -0.457 e. The molecular weight excluding hydrogens is 232 g/mol. The number of rotatable bonds is 6. The first kappa shape index (κ1) is 13.4. The van der Waals surface area contributed by atoms with E-state index in [9.17, 15) is 0 Å². The summed E-state index contributed by atoms with van der Waals surface area (Å²) in [7, 11) is 0. The Hall–Kier alpha value is -2.02. The molecule has 0 fully saturated rings. The summed E-state index contributed by atoms with van der Waals surface area (Å²) in [6.07, 6.45) is 7.84. The first-order valence-electron chi connectivity index (χ1n) is 6.85. The van der Waals surface area contributed by atoms with Crippen molar-refractivity contribution >= 4 is 0 Å². The second-order valence-corrected chi connectivity index (χ2v) is 4.52. The molecule has 2 rings (SSSR count). The first-order chi connectivity index (χ1) is 9.38. The standard InChI is InChI=1S/C18H20O/c1-2-3-4-6-9-16-12-14-18(15-13-16)19-17-10-7-5-8-11-17/h4-8,10-15H,2-3,9H2,1H3. The summed E-state index contributed by atoms with van der Waals surface area (Å²) in [5.41, 5.74) is 1.31. The van der Waals surface area contributed by atoms with Crippen LogP contribution in [-0.2, 0) is 6.42 Å². The molecule has 0 bridgehead atoms. The summed E-state index contributed by atoms with van der Waals surface area (Å²) in [5, 5.41) is 0. The largest absolute Gasteiger partial charge is 0.457 e. The Morgan fingerprint density at radius 3 is 2.21 bits per heavy atom. The van der Waals surface area contributed by atoms with Gasteiger partial charge in [0.25, 0.3) is 0 Å². The van der Waals surface area contributed by atoms with Gasteiger partial charge in [-0.2, -0.15) is 0 Å². The number of para-hydroxylation sites is 1. The zero-order valence-electron chi connectivity index (χ0n) is 11.4. The second-order valence-electron chi connectivity index (χ2n) is 4.52. The Morgan fingerprint density at radius 2 is 1.53 bits per heavy atom. The first-order valence-corrected chi connectivity index (χ1v) is 6.85. The molecule has 0 atom stereocenters. The van der Waals surface area contributed by atoms with E-state index in [1.165, 1.54) is 12.0 Å². The Labute approximate surface area is 115 Å². The third-order valence-corrected chi connectivity index (χ3v) is 2.88. The molecule has 0 N–H and O–H groups in total. The topological polar surface area (TPSA) is 9.23 Å². The maximum Gasteiger partial charge on any atom is 0.127 e. The lowest BCUT2D eigenvalue weighted by molar-refractivity contribution is 0.482. The van der Waals surface area contributed by atoms with Gasteiger partial charge in [0.1, 0.15) is 11.5 Å². The van der Waals surface area contributed by atoms with E-state index in [1.54, 1.807) is 0 Å². The minimum absolute atomic E-state index is 0.873. The predicted molar refractivity (Wildman–Crippen MR) is 80.7 cm³/mol. The van der Waals surface area contributed by atoms with Gasteiger partial charge >= 0.3 is 0 Å². The van der Waals surface area contributed by atoms with Crippen molar-refractivity contribution in [3.63, 3.8) is 0 Å². The van der Waals surface area contributed by atoms with E-state index in [0.29, 0.717) is 0 Å². The second kappa shape index (κ2) is 7.42. The number of allylic oxidation sites excluding steroid dienone is 2. The van der Waals surface area contributed by atoms with Crippen LogP contribution in [0.2, 0.25) is 0 Å². The summed E-state index contributed by atoms with van der Waals surface area (Å²) in [6, 6.07) is 18.1. The van der Waals surface area contributed by atoms with Crippen molar-refractivity contribution in [2.75, 3.05) is 0 Å².